The molecule has 0 atom stereocenters. The molecule has 0 aromatic heterocycles. The lowest BCUT2D eigenvalue weighted by Gasteiger charge is -2.03. The van der Waals surface area contributed by atoms with Crippen LogP contribution in [-0.2, 0) is 0 Å². The van der Waals surface area contributed by atoms with Crippen LogP contribution in [0.2, 0.25) is 0 Å². The molecule has 0 unspecified atom stereocenters. The van der Waals surface area contributed by atoms with Crippen LogP contribution in [0.5, 0.6) is 0 Å². The van der Waals surface area contributed by atoms with Gasteiger partial charge in [0, 0.05) is 10.5 Å². The minimum atomic E-state index is -0.333. The van der Waals surface area contributed by atoms with Crippen molar-refractivity contribution in [3.05, 3.63) is 26.0 Å². The number of nitrogens with one attached hydrogen (secondary N) is 1. The Morgan fingerprint density at radius 1 is 1.69 bits per heavy atom. The predicted molar refractivity (Wildman–Crippen MR) is 76.2 cm³/mol. The molecule has 0 bridgehead atoms. The Morgan fingerprint density at radius 2 is 2.38 bits per heavy atom. The van der Waals surface area contributed by atoms with Gasteiger partial charge in [0.1, 0.15) is 5.82 Å². The van der Waals surface area contributed by atoms with Crippen molar-refractivity contribution in [1.82, 2.24) is 5.32 Å². The van der Waals surface area contributed by atoms with Crippen molar-refractivity contribution in [3.63, 3.8) is 0 Å². The summed E-state index contributed by atoms with van der Waals surface area (Å²) in [6, 6.07) is 2.96. The smallest absolute Gasteiger partial charge is 0.183 e. The van der Waals surface area contributed by atoms with Gasteiger partial charge in [0.25, 0.3) is 0 Å². The molecule has 0 aliphatic heterocycles. The minimum Gasteiger partial charge on any atom is -0.271 e. The zero-order chi connectivity index (χ0) is 12.1. The van der Waals surface area contributed by atoms with E-state index in [-0.39, 0.29) is 5.82 Å². The van der Waals surface area contributed by atoms with E-state index in [2.05, 4.69) is 26.2 Å². The number of nitriles is 1. The van der Waals surface area contributed by atoms with Gasteiger partial charge in [-0.3, -0.25) is 5.32 Å². The molecular formula is C9H6BrFIN3S. The Morgan fingerprint density at radius 3 is 2.94 bits per heavy atom. The highest BCUT2D eigenvalue weighted by Gasteiger charge is 2.06. The third-order valence-corrected chi connectivity index (χ3v) is 3.61. The maximum atomic E-state index is 13.3. The molecule has 1 aromatic carbocycles. The fourth-order valence-electron chi connectivity index (χ4n) is 0.880. The molecule has 0 saturated carbocycles. The third-order valence-electron chi connectivity index (χ3n) is 1.57. The first-order valence-electron chi connectivity index (χ1n) is 4.00. The van der Waals surface area contributed by atoms with E-state index in [9.17, 15) is 4.39 Å². The van der Waals surface area contributed by atoms with E-state index in [1.807, 2.05) is 22.6 Å². The fourth-order valence-corrected chi connectivity index (χ4v) is 2.54. The van der Waals surface area contributed by atoms with Gasteiger partial charge in [-0.1, -0.05) is 11.8 Å². The summed E-state index contributed by atoms with van der Waals surface area (Å²) < 4.78 is 14.5. The van der Waals surface area contributed by atoms with Gasteiger partial charge in [0.2, 0.25) is 0 Å². The van der Waals surface area contributed by atoms with Crippen molar-refractivity contribution in [2.45, 2.75) is 0 Å². The van der Waals surface area contributed by atoms with Gasteiger partial charge in [-0.2, -0.15) is 5.26 Å². The molecule has 0 aliphatic carbocycles. The van der Waals surface area contributed by atoms with E-state index >= 15 is 0 Å². The number of rotatable bonds is 1. The first-order chi connectivity index (χ1) is 7.58. The number of benzene rings is 1. The lowest BCUT2D eigenvalue weighted by molar-refractivity contribution is 0.620. The highest BCUT2D eigenvalue weighted by atomic mass is 127. The number of hydrogen-bond acceptors (Lipinski definition) is 3. The zero-order valence-electron chi connectivity index (χ0n) is 8.09. The van der Waals surface area contributed by atoms with Crippen LogP contribution in [0.3, 0.4) is 0 Å². The molecule has 0 saturated heterocycles. The largest absolute Gasteiger partial charge is 0.271 e. The second-order valence-electron chi connectivity index (χ2n) is 2.58. The lowest BCUT2D eigenvalue weighted by atomic mass is 10.3. The summed E-state index contributed by atoms with van der Waals surface area (Å²) in [5.41, 5.74) is 0.449. The molecular weight excluding hydrogens is 408 g/mol. The molecule has 0 spiro atoms. The van der Waals surface area contributed by atoms with Crippen LogP contribution in [0.4, 0.5) is 10.1 Å². The van der Waals surface area contributed by atoms with Gasteiger partial charge in [0.15, 0.2) is 11.4 Å². The second kappa shape index (κ2) is 6.42. The highest BCUT2D eigenvalue weighted by molar-refractivity contribution is 14.1. The van der Waals surface area contributed by atoms with Crippen LogP contribution < -0.4 is 5.32 Å². The molecule has 0 heterocycles. The number of nitrogens with zero attached hydrogens (tertiary/aromatic N) is 2. The SMILES string of the molecule is CSC(=Nc1cc(F)c(I)cc1Br)NC#N. The Hall–Kier alpha value is -0.330. The molecule has 84 valence electrons. The normalized spacial score (nSPS) is 11.1. The van der Waals surface area contributed by atoms with Crippen LogP contribution in [0.15, 0.2) is 21.6 Å². The van der Waals surface area contributed by atoms with Gasteiger partial charge in [0.05, 0.1) is 9.26 Å². The predicted octanol–water partition coefficient (Wildman–Crippen LogP) is 3.61. The number of hydrogen-bond donors (Lipinski definition) is 1. The van der Waals surface area contributed by atoms with Crippen molar-refractivity contribution < 1.29 is 4.39 Å². The summed E-state index contributed by atoms with van der Waals surface area (Å²) in [6.45, 7) is 0. The molecule has 3 nitrogen and oxygen atoms in total. The van der Waals surface area contributed by atoms with E-state index in [4.69, 9.17) is 5.26 Å². The Kier molecular flexibility index (Phi) is 5.51. The van der Waals surface area contributed by atoms with Crippen molar-refractivity contribution in [1.29, 1.82) is 5.26 Å². The Labute approximate surface area is 119 Å². The van der Waals surface area contributed by atoms with E-state index in [0.717, 1.165) is 0 Å². The number of halogens is 3. The first kappa shape index (κ1) is 13.7. The summed E-state index contributed by atoms with van der Waals surface area (Å²) in [7, 11) is 0. The van der Waals surface area contributed by atoms with Crippen LogP contribution in [0.25, 0.3) is 0 Å². The zero-order valence-corrected chi connectivity index (χ0v) is 12.7. The van der Waals surface area contributed by atoms with Crippen molar-refractivity contribution in [2.24, 2.45) is 4.99 Å². The topological polar surface area (TPSA) is 48.2 Å². The molecule has 0 amide bonds. The quantitative estimate of drug-likeness (QED) is 0.191. The molecule has 0 aliphatic rings. The maximum Gasteiger partial charge on any atom is 0.183 e. The summed E-state index contributed by atoms with van der Waals surface area (Å²) >= 11 is 6.47. The fraction of sp³-hybridized carbons (Fsp3) is 0.111. The molecule has 7 heteroatoms. The second-order valence-corrected chi connectivity index (χ2v) is 5.39. The van der Waals surface area contributed by atoms with Gasteiger partial charge in [-0.15, -0.1) is 0 Å². The molecule has 1 aromatic rings. The van der Waals surface area contributed by atoms with Gasteiger partial charge in [-0.05, 0) is 50.8 Å². The molecule has 0 radical (unpaired) electrons. The molecule has 0 fully saturated rings. The maximum absolute atomic E-state index is 13.3. The monoisotopic (exact) mass is 413 g/mol. The molecule has 1 N–H and O–H groups in total. The van der Waals surface area contributed by atoms with Crippen molar-refractivity contribution in [2.75, 3.05) is 6.26 Å². The summed E-state index contributed by atoms with van der Waals surface area (Å²) in [6.07, 6.45) is 3.55. The minimum absolute atomic E-state index is 0.333. The van der Waals surface area contributed by atoms with Gasteiger partial charge < -0.3 is 0 Å². The highest BCUT2D eigenvalue weighted by Crippen LogP contribution is 2.29. The summed E-state index contributed by atoms with van der Waals surface area (Å²) in [4.78, 5) is 4.12. The Bertz CT molecular complexity index is 473. The average molecular weight is 414 g/mol. The van der Waals surface area contributed by atoms with E-state index in [0.29, 0.717) is 18.9 Å². The average Bonchev–Trinajstić information content (AvgIpc) is 2.25. The molecule has 1 rings (SSSR count). The van der Waals surface area contributed by atoms with Crippen LogP contribution in [0, 0.1) is 20.8 Å². The number of aliphatic imine (C=N–C) groups is 1. The number of thioether (sulfide) groups is 1. The van der Waals surface area contributed by atoms with Crippen molar-refractivity contribution in [3.8, 4) is 6.19 Å². The van der Waals surface area contributed by atoms with Gasteiger partial charge in [-0.25, -0.2) is 9.38 Å². The van der Waals surface area contributed by atoms with Crippen molar-refractivity contribution >= 4 is 61.1 Å². The van der Waals surface area contributed by atoms with Crippen LogP contribution >= 0.6 is 50.3 Å². The van der Waals surface area contributed by atoms with Crippen LogP contribution in [0.1, 0.15) is 0 Å². The van der Waals surface area contributed by atoms with E-state index in [1.165, 1.54) is 17.8 Å². The molecule has 16 heavy (non-hydrogen) atoms. The van der Waals surface area contributed by atoms with E-state index in [1.54, 1.807) is 18.5 Å². The first-order valence-corrected chi connectivity index (χ1v) is 7.10. The summed E-state index contributed by atoms with van der Waals surface area (Å²) in [5.74, 6) is -0.333. The van der Waals surface area contributed by atoms with Gasteiger partial charge >= 0.3 is 0 Å². The number of amidine groups is 1. The standard InChI is InChI=1S/C9H6BrFIN3S/c1-16-9(14-4-13)15-8-3-6(11)7(12)2-5(8)10/h2-3H,1H3,(H,14,15). The van der Waals surface area contributed by atoms with Crippen LogP contribution in [-0.4, -0.2) is 11.4 Å². The third kappa shape index (κ3) is 3.61. The Balaban J connectivity index is 3.14. The lowest BCUT2D eigenvalue weighted by Crippen LogP contribution is -2.12. The van der Waals surface area contributed by atoms with E-state index < -0.39 is 0 Å². The summed E-state index contributed by atoms with van der Waals surface area (Å²) in [5, 5.41) is 11.3.